The zero-order valence-corrected chi connectivity index (χ0v) is 21.5. The number of hydrogen-bond donors (Lipinski definition) is 2. The number of phenolic OH excluding ortho intramolecular Hbond substituents is 1. The second-order valence-electron chi connectivity index (χ2n) is 9.28. The molecule has 8 nitrogen and oxygen atoms in total. The van der Waals surface area contributed by atoms with Gasteiger partial charge in [-0.05, 0) is 73.5 Å². The zero-order chi connectivity index (χ0) is 26.6. The number of carbonyl (C=O) groups excluding carboxylic acids is 2. The number of aromatic nitrogens is 1. The number of rotatable bonds is 5. The molecule has 2 aliphatic heterocycles. The van der Waals surface area contributed by atoms with Crippen LogP contribution in [-0.2, 0) is 16.0 Å². The Morgan fingerprint density at radius 3 is 2.79 bits per heavy atom. The van der Waals surface area contributed by atoms with Crippen LogP contribution in [0.1, 0.15) is 36.6 Å². The van der Waals surface area contributed by atoms with Crippen molar-refractivity contribution in [2.75, 3.05) is 11.5 Å². The Hall–Kier alpha value is -4.37. The van der Waals surface area contributed by atoms with Crippen LogP contribution in [-0.4, -0.2) is 39.6 Å². The van der Waals surface area contributed by atoms with Crippen molar-refractivity contribution in [2.45, 2.75) is 32.4 Å². The van der Waals surface area contributed by atoms with Crippen LogP contribution in [0.15, 0.2) is 66.2 Å². The zero-order valence-electron chi connectivity index (χ0n) is 20.7. The van der Waals surface area contributed by atoms with Gasteiger partial charge in [0.15, 0.2) is 5.13 Å². The van der Waals surface area contributed by atoms with Crippen molar-refractivity contribution >= 4 is 44.1 Å². The van der Waals surface area contributed by atoms with Gasteiger partial charge in [-0.3, -0.25) is 14.5 Å². The Kier molecular flexibility index (Phi) is 5.80. The summed E-state index contributed by atoms with van der Waals surface area (Å²) in [5, 5.41) is 22.0. The molecule has 38 heavy (non-hydrogen) atoms. The molecule has 0 radical (unpaired) electrons. The lowest BCUT2D eigenvalue weighted by molar-refractivity contribution is -0.132. The first-order chi connectivity index (χ1) is 18.3. The molecule has 0 aliphatic carbocycles. The van der Waals surface area contributed by atoms with Crippen molar-refractivity contribution in [3.8, 4) is 17.2 Å². The minimum atomic E-state index is -0.988. The van der Waals surface area contributed by atoms with Crippen LogP contribution >= 0.6 is 11.3 Å². The highest BCUT2D eigenvalue weighted by Gasteiger charge is 2.48. The molecule has 2 aliphatic rings. The summed E-state index contributed by atoms with van der Waals surface area (Å²) in [6.45, 7) is 4.37. The number of aliphatic hydroxyl groups excluding tert-OH is 1. The minimum Gasteiger partial charge on any atom is -0.508 e. The van der Waals surface area contributed by atoms with E-state index >= 15 is 0 Å². The Morgan fingerprint density at radius 2 is 2.00 bits per heavy atom. The van der Waals surface area contributed by atoms with E-state index in [4.69, 9.17) is 9.47 Å². The highest BCUT2D eigenvalue weighted by Crippen LogP contribution is 2.45. The van der Waals surface area contributed by atoms with Crippen LogP contribution < -0.4 is 14.4 Å². The van der Waals surface area contributed by atoms with Gasteiger partial charge in [0.05, 0.1) is 28.4 Å². The van der Waals surface area contributed by atoms with Crippen LogP contribution in [0.2, 0.25) is 0 Å². The third kappa shape index (κ3) is 3.95. The molecule has 1 aromatic heterocycles. The molecule has 0 bridgehead atoms. The summed E-state index contributed by atoms with van der Waals surface area (Å²) in [4.78, 5) is 32.9. The molecule has 3 heterocycles. The minimum absolute atomic E-state index is 0.0162. The van der Waals surface area contributed by atoms with Gasteiger partial charge >= 0.3 is 5.91 Å². The van der Waals surface area contributed by atoms with Crippen molar-refractivity contribution < 1.29 is 29.3 Å². The second kappa shape index (κ2) is 9.18. The van der Waals surface area contributed by atoms with Gasteiger partial charge in [-0.15, -0.1) is 0 Å². The number of nitrogens with zero attached hydrogens (tertiary/aromatic N) is 2. The molecule has 0 unspecified atom stereocenters. The van der Waals surface area contributed by atoms with E-state index in [1.807, 2.05) is 19.9 Å². The maximum atomic E-state index is 13.5. The summed E-state index contributed by atoms with van der Waals surface area (Å²) < 4.78 is 12.1. The first-order valence-corrected chi connectivity index (χ1v) is 13.1. The molecule has 0 spiro atoms. The highest BCUT2D eigenvalue weighted by molar-refractivity contribution is 7.22. The molecule has 192 valence electrons. The summed E-state index contributed by atoms with van der Waals surface area (Å²) in [6, 6.07) is 16.0. The SMILES string of the molecule is CCOc1ccc2nc(N3C(=O)C(=O)/C(=C(/O)c4ccc5c(c4)C[C@H](C)O5)[C@H]3c3cccc(O)c3)sc2c1. The number of Topliss-reactive ketones (excluding diaryl/α,β-unsaturated/α-hetero) is 1. The molecule has 1 saturated heterocycles. The number of ketones is 1. The van der Waals surface area contributed by atoms with Crippen LogP contribution in [0, 0.1) is 0 Å². The third-order valence-electron chi connectivity index (χ3n) is 6.67. The van der Waals surface area contributed by atoms with Crippen LogP contribution in [0.5, 0.6) is 17.2 Å². The van der Waals surface area contributed by atoms with E-state index in [0.717, 1.165) is 16.0 Å². The van der Waals surface area contributed by atoms with E-state index in [2.05, 4.69) is 4.98 Å². The number of thiazole rings is 1. The van der Waals surface area contributed by atoms with Gasteiger partial charge in [0.2, 0.25) is 0 Å². The quantitative estimate of drug-likeness (QED) is 0.204. The smallest absolute Gasteiger partial charge is 0.301 e. The first kappa shape index (κ1) is 24.0. The molecular weight excluding hydrogens is 504 g/mol. The van der Waals surface area contributed by atoms with E-state index in [-0.39, 0.29) is 23.2 Å². The van der Waals surface area contributed by atoms with Crippen molar-refractivity contribution in [1.82, 2.24) is 4.98 Å². The number of aromatic hydroxyl groups is 1. The van der Waals surface area contributed by atoms with Gasteiger partial charge in [0, 0.05) is 12.0 Å². The van der Waals surface area contributed by atoms with Crippen molar-refractivity contribution in [2.24, 2.45) is 0 Å². The maximum absolute atomic E-state index is 13.5. The normalized spacial score (nSPS) is 20.1. The van der Waals surface area contributed by atoms with Crippen LogP contribution in [0.4, 0.5) is 5.13 Å². The average molecular weight is 529 g/mol. The fourth-order valence-electron chi connectivity index (χ4n) is 5.02. The van der Waals surface area contributed by atoms with Gasteiger partial charge < -0.3 is 19.7 Å². The van der Waals surface area contributed by atoms with E-state index < -0.39 is 17.7 Å². The Bertz CT molecular complexity index is 1640. The average Bonchev–Trinajstić information content (AvgIpc) is 3.56. The number of benzene rings is 3. The number of aliphatic hydroxyl groups is 1. The predicted molar refractivity (Wildman–Crippen MR) is 144 cm³/mol. The fourth-order valence-corrected chi connectivity index (χ4v) is 6.04. The standard InChI is InChI=1S/C29H24N2O6S/c1-3-36-20-8-9-21-23(14-20)38-29(30-21)31-25(16-5-4-6-19(32)13-16)24(27(34)28(31)35)26(33)17-7-10-22-18(12-17)11-15(2)37-22/h4-10,12-15,25,32-33H,3,11H2,1-2H3/b26-24+/t15-,25+/m0/s1. The summed E-state index contributed by atoms with van der Waals surface area (Å²) in [5.74, 6) is -0.530. The summed E-state index contributed by atoms with van der Waals surface area (Å²) in [6.07, 6.45) is 0.693. The summed E-state index contributed by atoms with van der Waals surface area (Å²) >= 11 is 1.25. The van der Waals surface area contributed by atoms with E-state index in [1.54, 1.807) is 42.5 Å². The number of carbonyl (C=O) groups is 2. The van der Waals surface area contributed by atoms with E-state index in [0.29, 0.717) is 40.6 Å². The monoisotopic (exact) mass is 528 g/mol. The Balaban J connectivity index is 1.51. The number of ether oxygens (including phenoxy) is 2. The number of amides is 1. The maximum Gasteiger partial charge on any atom is 0.301 e. The molecular formula is C29H24N2O6S. The number of anilines is 1. The lowest BCUT2D eigenvalue weighted by Crippen LogP contribution is -2.29. The first-order valence-electron chi connectivity index (χ1n) is 12.3. The van der Waals surface area contributed by atoms with Crippen molar-refractivity contribution in [1.29, 1.82) is 0 Å². The number of phenols is 1. The van der Waals surface area contributed by atoms with Crippen LogP contribution in [0.25, 0.3) is 16.0 Å². The van der Waals surface area contributed by atoms with Gasteiger partial charge in [0.25, 0.3) is 5.78 Å². The number of hydrogen-bond acceptors (Lipinski definition) is 8. The number of fused-ring (bicyclic) bond motifs is 2. The summed E-state index contributed by atoms with van der Waals surface area (Å²) in [5.41, 5.74) is 2.38. The molecule has 0 saturated carbocycles. The third-order valence-corrected chi connectivity index (χ3v) is 7.68. The van der Waals surface area contributed by atoms with E-state index in [1.165, 1.54) is 28.4 Å². The van der Waals surface area contributed by atoms with Crippen LogP contribution in [0.3, 0.4) is 0 Å². The molecule has 2 atom stereocenters. The van der Waals surface area contributed by atoms with Gasteiger partial charge in [-0.2, -0.15) is 0 Å². The van der Waals surface area contributed by atoms with Gasteiger partial charge in [0.1, 0.15) is 29.1 Å². The fraction of sp³-hybridized carbons (Fsp3) is 0.207. The molecule has 9 heteroatoms. The molecule has 6 rings (SSSR count). The Labute approximate surface area is 222 Å². The lowest BCUT2D eigenvalue weighted by Gasteiger charge is -2.23. The van der Waals surface area contributed by atoms with Crippen molar-refractivity contribution in [3.63, 3.8) is 0 Å². The molecule has 1 fully saturated rings. The van der Waals surface area contributed by atoms with Crippen molar-refractivity contribution in [3.05, 3.63) is 82.9 Å². The highest BCUT2D eigenvalue weighted by atomic mass is 32.1. The van der Waals surface area contributed by atoms with Gasteiger partial charge in [-0.25, -0.2) is 4.98 Å². The molecule has 3 aromatic carbocycles. The predicted octanol–water partition coefficient (Wildman–Crippen LogP) is 5.35. The Morgan fingerprint density at radius 1 is 1.16 bits per heavy atom. The molecule has 4 aromatic rings. The summed E-state index contributed by atoms with van der Waals surface area (Å²) in [7, 11) is 0. The topological polar surface area (TPSA) is 109 Å². The molecule has 2 N–H and O–H groups in total. The molecule has 1 amide bonds. The second-order valence-corrected chi connectivity index (χ2v) is 10.3. The largest absolute Gasteiger partial charge is 0.508 e. The van der Waals surface area contributed by atoms with Gasteiger partial charge in [-0.1, -0.05) is 23.5 Å². The lowest BCUT2D eigenvalue weighted by atomic mass is 9.94. The van der Waals surface area contributed by atoms with E-state index in [9.17, 15) is 19.8 Å².